The highest BCUT2D eigenvalue weighted by Gasteiger charge is 2.30. The van der Waals surface area contributed by atoms with Gasteiger partial charge in [-0.05, 0) is 52.0 Å². The lowest BCUT2D eigenvalue weighted by Crippen LogP contribution is -2.57. The molecule has 10 nitrogen and oxygen atoms in total. The molecule has 0 radical (unpaired) electrons. The average Bonchev–Trinajstić information content (AvgIpc) is 2.57. The van der Waals surface area contributed by atoms with Crippen molar-refractivity contribution in [1.82, 2.24) is 16.2 Å². The normalized spacial score (nSPS) is 15.8. The summed E-state index contributed by atoms with van der Waals surface area (Å²) >= 11 is 0. The molecule has 186 valence electrons. The van der Waals surface area contributed by atoms with E-state index in [9.17, 15) is 22.8 Å². The summed E-state index contributed by atoms with van der Waals surface area (Å²) in [6.07, 6.45) is 1.85. The van der Waals surface area contributed by atoms with Crippen LogP contribution in [0.3, 0.4) is 0 Å². The lowest BCUT2D eigenvalue weighted by atomic mass is 9.90. The van der Waals surface area contributed by atoms with Crippen LogP contribution in [-0.2, 0) is 24.2 Å². The van der Waals surface area contributed by atoms with Crippen molar-refractivity contribution in [2.45, 2.75) is 79.5 Å². The summed E-state index contributed by atoms with van der Waals surface area (Å²) in [7, 11) is -3.63. The number of nitrogens with one attached hydrogen (secondary N) is 3. The summed E-state index contributed by atoms with van der Waals surface area (Å²) in [4.78, 5) is 37.6. The molecule has 0 aliphatic carbocycles. The largest absolute Gasteiger partial charge is 0.443 e. The Balaban J connectivity index is 5.35. The molecule has 2 amide bonds. The molecule has 0 heterocycles. The minimum absolute atomic E-state index is 0.0959. The van der Waals surface area contributed by atoms with Gasteiger partial charge in [0.15, 0.2) is 15.6 Å². The van der Waals surface area contributed by atoms with Gasteiger partial charge in [0.2, 0.25) is 5.91 Å². The second-order valence-electron chi connectivity index (χ2n) is 9.70. The van der Waals surface area contributed by atoms with E-state index in [-0.39, 0.29) is 22.6 Å². The van der Waals surface area contributed by atoms with Crippen LogP contribution in [0.4, 0.5) is 4.79 Å². The van der Waals surface area contributed by atoms with Gasteiger partial charge >= 0.3 is 6.09 Å². The van der Waals surface area contributed by atoms with Gasteiger partial charge in [-0.2, -0.15) is 0 Å². The number of hydrogen-bond donors (Lipinski definition) is 4. The van der Waals surface area contributed by atoms with Gasteiger partial charge in [-0.25, -0.2) is 18.6 Å². The van der Waals surface area contributed by atoms with E-state index < -0.39 is 45.4 Å². The maximum atomic E-state index is 13.0. The molecule has 0 saturated carbocycles. The Morgan fingerprint density at radius 3 is 2.00 bits per heavy atom. The van der Waals surface area contributed by atoms with Crippen LogP contribution in [0.2, 0.25) is 0 Å². The zero-order valence-corrected chi connectivity index (χ0v) is 21.4. The maximum absolute atomic E-state index is 13.0. The standard InChI is InChI=1S/C21H40N4O6S/c1-12(2)10-15(11-16(22)32(9,29)30)18(26)14(5)23-19(27)17(13(3)4)24-25-20(28)31-21(6,7)8/h11-15,17,24H,10,22H2,1-9H3,(H,23,27)(H,25,28)/b16-11+/t14-,15-,17-/m0/s1. The number of carbonyl (C=O) groups is 3. The van der Waals surface area contributed by atoms with Gasteiger partial charge in [0.25, 0.3) is 0 Å². The second-order valence-corrected chi connectivity index (χ2v) is 11.7. The molecule has 3 atom stereocenters. The summed E-state index contributed by atoms with van der Waals surface area (Å²) in [5.41, 5.74) is 9.92. The third kappa shape index (κ3) is 11.5. The fourth-order valence-corrected chi connectivity index (χ4v) is 3.18. The summed E-state index contributed by atoms with van der Waals surface area (Å²) < 4.78 is 28.5. The van der Waals surface area contributed by atoms with Crippen LogP contribution in [0.25, 0.3) is 0 Å². The fourth-order valence-electron chi connectivity index (χ4n) is 2.77. The van der Waals surface area contributed by atoms with E-state index in [1.807, 2.05) is 13.8 Å². The number of ether oxygens (including phenoxy) is 1. The number of amides is 2. The second kappa shape index (κ2) is 12.2. The van der Waals surface area contributed by atoms with Crippen LogP contribution < -0.4 is 21.9 Å². The lowest BCUT2D eigenvalue weighted by molar-refractivity contribution is -0.130. The predicted molar refractivity (Wildman–Crippen MR) is 124 cm³/mol. The first-order chi connectivity index (χ1) is 14.3. The smallest absolute Gasteiger partial charge is 0.422 e. The number of ketones is 1. The Bertz CT molecular complexity index is 800. The molecule has 0 aliphatic rings. The van der Waals surface area contributed by atoms with Gasteiger partial charge in [-0.1, -0.05) is 27.7 Å². The van der Waals surface area contributed by atoms with E-state index in [1.165, 1.54) is 13.0 Å². The third-order valence-electron chi connectivity index (χ3n) is 4.35. The number of Topliss-reactive ketones (excluding diaryl/α,β-unsaturated/α-hetero) is 1. The minimum Gasteiger partial charge on any atom is -0.443 e. The molecule has 11 heteroatoms. The highest BCUT2D eigenvalue weighted by molar-refractivity contribution is 7.94. The van der Waals surface area contributed by atoms with Crippen molar-refractivity contribution in [1.29, 1.82) is 0 Å². The van der Waals surface area contributed by atoms with E-state index in [0.29, 0.717) is 6.42 Å². The van der Waals surface area contributed by atoms with Crippen LogP contribution in [0.1, 0.15) is 61.8 Å². The highest BCUT2D eigenvalue weighted by Crippen LogP contribution is 2.18. The molecule has 0 aromatic rings. The van der Waals surface area contributed by atoms with Gasteiger partial charge < -0.3 is 15.8 Å². The fraction of sp³-hybridized carbons (Fsp3) is 0.762. The van der Waals surface area contributed by atoms with E-state index >= 15 is 0 Å². The highest BCUT2D eigenvalue weighted by atomic mass is 32.2. The molecule has 5 N–H and O–H groups in total. The van der Waals surface area contributed by atoms with Crippen LogP contribution >= 0.6 is 0 Å². The summed E-state index contributed by atoms with van der Waals surface area (Å²) in [6.45, 7) is 14.0. The number of sulfone groups is 1. The van der Waals surface area contributed by atoms with Crippen LogP contribution in [0, 0.1) is 17.8 Å². The van der Waals surface area contributed by atoms with Crippen molar-refractivity contribution < 1.29 is 27.5 Å². The van der Waals surface area contributed by atoms with Crippen molar-refractivity contribution >= 4 is 27.6 Å². The average molecular weight is 477 g/mol. The number of hydrogen-bond acceptors (Lipinski definition) is 8. The van der Waals surface area contributed by atoms with Crippen molar-refractivity contribution in [2.75, 3.05) is 6.26 Å². The van der Waals surface area contributed by atoms with Gasteiger partial charge in [-0.3, -0.25) is 15.0 Å². The zero-order chi connectivity index (χ0) is 25.4. The van der Waals surface area contributed by atoms with Gasteiger partial charge in [0.05, 0.1) is 6.04 Å². The van der Waals surface area contributed by atoms with Crippen molar-refractivity contribution in [2.24, 2.45) is 23.5 Å². The molecular formula is C21H40N4O6S. The van der Waals surface area contributed by atoms with Crippen LogP contribution in [0.5, 0.6) is 0 Å². The van der Waals surface area contributed by atoms with Crippen molar-refractivity contribution in [3.8, 4) is 0 Å². The SMILES string of the molecule is CC(C)C[C@@H](/C=C(\N)S(C)(=O)=O)C(=O)[C@H](C)NC(=O)[C@@H](NNC(=O)OC(C)(C)C)C(C)C. The molecule has 0 bridgehead atoms. The van der Waals surface area contributed by atoms with E-state index in [4.69, 9.17) is 10.5 Å². The monoisotopic (exact) mass is 476 g/mol. The third-order valence-corrected chi connectivity index (χ3v) is 5.34. The Hall–Kier alpha value is -2.14. The molecular weight excluding hydrogens is 436 g/mol. The lowest BCUT2D eigenvalue weighted by Gasteiger charge is -2.26. The predicted octanol–water partition coefficient (Wildman–Crippen LogP) is 1.62. The Kier molecular flexibility index (Phi) is 11.4. The Morgan fingerprint density at radius 2 is 1.59 bits per heavy atom. The Morgan fingerprint density at radius 1 is 1.06 bits per heavy atom. The van der Waals surface area contributed by atoms with E-state index in [2.05, 4.69) is 16.2 Å². The molecule has 0 spiro atoms. The quantitative estimate of drug-likeness (QED) is 0.328. The molecule has 0 aliphatic heterocycles. The van der Waals surface area contributed by atoms with E-state index in [1.54, 1.807) is 34.6 Å². The molecule has 32 heavy (non-hydrogen) atoms. The van der Waals surface area contributed by atoms with Crippen molar-refractivity contribution in [3.05, 3.63) is 11.1 Å². The van der Waals surface area contributed by atoms with Crippen LogP contribution in [-0.4, -0.2) is 50.1 Å². The van der Waals surface area contributed by atoms with Gasteiger partial charge in [-0.15, -0.1) is 0 Å². The topological polar surface area (TPSA) is 157 Å². The summed E-state index contributed by atoms with van der Waals surface area (Å²) in [5, 5.41) is 2.26. The molecule has 0 rings (SSSR count). The minimum atomic E-state index is -3.63. The molecule has 0 aromatic heterocycles. The zero-order valence-electron chi connectivity index (χ0n) is 20.6. The number of nitrogens with two attached hydrogens (primary N) is 1. The van der Waals surface area contributed by atoms with Crippen molar-refractivity contribution in [3.63, 3.8) is 0 Å². The summed E-state index contributed by atoms with van der Waals surface area (Å²) in [6, 6.07) is -1.74. The number of allylic oxidation sites excluding steroid dienone is 1. The van der Waals surface area contributed by atoms with E-state index in [0.717, 1.165) is 6.26 Å². The summed E-state index contributed by atoms with van der Waals surface area (Å²) in [5.74, 6) is -1.76. The maximum Gasteiger partial charge on any atom is 0.422 e. The molecule has 0 fully saturated rings. The first-order valence-corrected chi connectivity index (χ1v) is 12.5. The first kappa shape index (κ1) is 29.9. The molecule has 0 aromatic carbocycles. The number of rotatable bonds is 11. The van der Waals surface area contributed by atoms with Crippen LogP contribution in [0.15, 0.2) is 11.1 Å². The first-order valence-electron chi connectivity index (χ1n) is 10.6. The Labute approximate surface area is 192 Å². The number of carbonyl (C=O) groups excluding carboxylic acids is 3. The molecule has 0 saturated heterocycles. The molecule has 0 unspecified atom stereocenters. The number of hydrazine groups is 1. The van der Waals surface area contributed by atoms with Gasteiger partial charge in [0, 0.05) is 12.2 Å². The van der Waals surface area contributed by atoms with Gasteiger partial charge in [0.1, 0.15) is 16.7 Å².